The smallest absolute Gasteiger partial charge is 0.166 e. The van der Waals surface area contributed by atoms with E-state index in [2.05, 4.69) is 18.2 Å². The van der Waals surface area contributed by atoms with Crippen molar-refractivity contribution in [2.45, 2.75) is 25.7 Å². The van der Waals surface area contributed by atoms with Crippen molar-refractivity contribution < 1.29 is 9.53 Å². The molecule has 98 valence electrons. The number of fused-ring (bicyclic) bond motifs is 1. The van der Waals surface area contributed by atoms with Gasteiger partial charge < -0.3 is 4.74 Å². The van der Waals surface area contributed by atoms with Crippen molar-refractivity contribution in [1.82, 2.24) is 0 Å². The molecule has 1 atom stereocenters. The average Bonchev–Trinajstić information content (AvgIpc) is 2.76. The number of Topliss-reactive ketones (excluding diaryl/α,β-unsaturated/α-hetero) is 1. The number of carbonyl (C=O) groups excluding carboxylic acids is 1. The van der Waals surface area contributed by atoms with E-state index in [4.69, 9.17) is 4.74 Å². The third-order valence-electron chi connectivity index (χ3n) is 3.97. The number of hydrogen-bond acceptors (Lipinski definition) is 2. The first kappa shape index (κ1) is 12.2. The summed E-state index contributed by atoms with van der Waals surface area (Å²) in [6.45, 7) is 0. The molecule has 0 spiro atoms. The summed E-state index contributed by atoms with van der Waals surface area (Å²) in [5, 5.41) is 0. The molecule has 0 radical (unpaired) electrons. The van der Waals surface area contributed by atoms with E-state index in [-0.39, 0.29) is 11.7 Å². The molecule has 0 aliphatic heterocycles. The summed E-state index contributed by atoms with van der Waals surface area (Å²) >= 11 is 0. The quantitative estimate of drug-likeness (QED) is 0.821. The van der Waals surface area contributed by atoms with Crippen LogP contribution in [-0.4, -0.2) is 12.9 Å². The highest BCUT2D eigenvalue weighted by Gasteiger charge is 2.30. The number of benzene rings is 1. The second kappa shape index (κ2) is 5.04. The Labute approximate surface area is 113 Å². The zero-order chi connectivity index (χ0) is 13.2. The van der Waals surface area contributed by atoms with Crippen molar-refractivity contribution in [2.24, 2.45) is 5.92 Å². The average molecular weight is 254 g/mol. The molecule has 2 aliphatic rings. The van der Waals surface area contributed by atoms with E-state index in [0.717, 1.165) is 42.6 Å². The Balaban J connectivity index is 1.79. The van der Waals surface area contributed by atoms with Crippen LogP contribution in [-0.2, 0) is 6.42 Å². The topological polar surface area (TPSA) is 26.3 Å². The normalized spacial score (nSPS) is 21.2. The Bertz CT molecular complexity index is 567. The number of ether oxygens (including phenoxy) is 1. The second-order valence-electron chi connectivity index (χ2n) is 5.25. The van der Waals surface area contributed by atoms with Crippen molar-refractivity contribution >= 4 is 5.78 Å². The number of methoxy groups -OCH3 is 1. The number of hydrogen-bond donors (Lipinski definition) is 0. The summed E-state index contributed by atoms with van der Waals surface area (Å²) in [6, 6.07) is 5.78. The first-order chi connectivity index (χ1) is 9.28. The van der Waals surface area contributed by atoms with Crippen molar-refractivity contribution in [1.29, 1.82) is 0 Å². The maximum absolute atomic E-state index is 12.4. The predicted octanol–water partition coefficient (Wildman–Crippen LogP) is 3.72. The summed E-state index contributed by atoms with van der Waals surface area (Å²) in [7, 11) is 1.66. The largest absolute Gasteiger partial charge is 0.497 e. The molecule has 2 heteroatoms. The molecule has 2 aliphatic carbocycles. The molecule has 0 heterocycles. The first-order valence-corrected chi connectivity index (χ1v) is 6.84. The maximum atomic E-state index is 12.4. The highest BCUT2D eigenvalue weighted by molar-refractivity contribution is 6.02. The molecule has 0 bridgehead atoms. The molecule has 19 heavy (non-hydrogen) atoms. The van der Waals surface area contributed by atoms with Gasteiger partial charge in [0, 0.05) is 11.5 Å². The van der Waals surface area contributed by atoms with Gasteiger partial charge in [0.1, 0.15) is 5.75 Å². The molecule has 2 nitrogen and oxygen atoms in total. The molecule has 0 aromatic heterocycles. The Morgan fingerprint density at radius 3 is 2.95 bits per heavy atom. The molecule has 1 aromatic carbocycles. The van der Waals surface area contributed by atoms with Gasteiger partial charge >= 0.3 is 0 Å². The Kier molecular flexibility index (Phi) is 3.24. The van der Waals surface area contributed by atoms with E-state index in [1.54, 1.807) is 7.11 Å². The van der Waals surface area contributed by atoms with Crippen LogP contribution in [0.15, 0.2) is 42.0 Å². The van der Waals surface area contributed by atoms with E-state index < -0.39 is 0 Å². The fraction of sp³-hybridized carbons (Fsp3) is 0.353. The molecular weight excluding hydrogens is 236 g/mol. The monoisotopic (exact) mass is 254 g/mol. The van der Waals surface area contributed by atoms with Gasteiger partial charge in [-0.1, -0.05) is 23.8 Å². The third-order valence-corrected chi connectivity index (χ3v) is 3.97. The van der Waals surface area contributed by atoms with E-state index in [0.29, 0.717) is 0 Å². The number of rotatable bonds is 3. The van der Waals surface area contributed by atoms with Crippen LogP contribution in [0.4, 0.5) is 0 Å². The lowest BCUT2D eigenvalue weighted by atomic mass is 9.93. The molecule has 3 rings (SSSR count). The van der Waals surface area contributed by atoms with Crippen LogP contribution >= 0.6 is 0 Å². The molecule has 0 saturated carbocycles. The lowest BCUT2D eigenvalue weighted by Gasteiger charge is -2.11. The van der Waals surface area contributed by atoms with Crippen LogP contribution in [0.1, 0.15) is 35.2 Å². The Hall–Kier alpha value is -1.83. The van der Waals surface area contributed by atoms with Crippen LogP contribution in [0, 0.1) is 5.92 Å². The highest BCUT2D eigenvalue weighted by atomic mass is 16.5. The minimum absolute atomic E-state index is 0.108. The maximum Gasteiger partial charge on any atom is 0.166 e. The molecule has 0 amide bonds. The number of allylic oxidation sites excluding steroid dienone is 4. The van der Waals surface area contributed by atoms with Crippen molar-refractivity contribution in [3.05, 3.63) is 53.1 Å². The van der Waals surface area contributed by atoms with E-state index >= 15 is 0 Å². The molecule has 0 saturated heterocycles. The Morgan fingerprint density at radius 2 is 2.21 bits per heavy atom. The summed E-state index contributed by atoms with van der Waals surface area (Å²) in [4.78, 5) is 12.4. The Morgan fingerprint density at radius 1 is 1.32 bits per heavy atom. The van der Waals surface area contributed by atoms with Crippen LogP contribution in [0.25, 0.3) is 0 Å². The van der Waals surface area contributed by atoms with Gasteiger partial charge in [-0.2, -0.15) is 0 Å². The van der Waals surface area contributed by atoms with Crippen LogP contribution < -0.4 is 4.74 Å². The van der Waals surface area contributed by atoms with E-state index in [1.165, 1.54) is 5.57 Å². The molecule has 0 fully saturated rings. The van der Waals surface area contributed by atoms with Gasteiger partial charge in [-0.05, 0) is 49.4 Å². The SMILES string of the molecule is COc1ccc2c(c1)CC(CC1=CCCC=C1)C2=O. The number of carbonyl (C=O) groups is 1. The zero-order valence-corrected chi connectivity index (χ0v) is 11.2. The molecule has 1 unspecified atom stereocenters. The fourth-order valence-electron chi connectivity index (χ4n) is 2.95. The fourth-order valence-corrected chi connectivity index (χ4v) is 2.95. The summed E-state index contributed by atoms with van der Waals surface area (Å²) in [5.41, 5.74) is 3.32. The standard InChI is InChI=1S/C17H18O2/c1-19-15-7-8-16-13(11-15)10-14(17(16)18)9-12-5-3-2-4-6-12/h3,5-8,11,14H,2,4,9-10H2,1H3. The van der Waals surface area contributed by atoms with Gasteiger partial charge in [0.05, 0.1) is 7.11 Å². The third kappa shape index (κ3) is 2.35. The van der Waals surface area contributed by atoms with E-state index in [9.17, 15) is 4.79 Å². The summed E-state index contributed by atoms with van der Waals surface area (Å²) in [5.74, 6) is 1.23. The lowest BCUT2D eigenvalue weighted by molar-refractivity contribution is 0.0936. The predicted molar refractivity (Wildman–Crippen MR) is 75.6 cm³/mol. The molecular formula is C17H18O2. The summed E-state index contributed by atoms with van der Waals surface area (Å²) in [6.07, 6.45) is 10.6. The van der Waals surface area contributed by atoms with Crippen LogP contribution in [0.2, 0.25) is 0 Å². The van der Waals surface area contributed by atoms with Crippen LogP contribution in [0.5, 0.6) is 5.75 Å². The first-order valence-electron chi connectivity index (χ1n) is 6.84. The minimum Gasteiger partial charge on any atom is -0.497 e. The molecule has 1 aromatic rings. The van der Waals surface area contributed by atoms with Gasteiger partial charge in [-0.15, -0.1) is 0 Å². The lowest BCUT2D eigenvalue weighted by Crippen LogP contribution is -2.09. The molecule has 0 N–H and O–H groups in total. The summed E-state index contributed by atoms with van der Waals surface area (Å²) < 4.78 is 5.23. The zero-order valence-electron chi connectivity index (χ0n) is 11.2. The van der Waals surface area contributed by atoms with Gasteiger partial charge in [0.25, 0.3) is 0 Å². The highest BCUT2D eigenvalue weighted by Crippen LogP contribution is 2.33. The van der Waals surface area contributed by atoms with Gasteiger partial charge in [-0.25, -0.2) is 0 Å². The van der Waals surface area contributed by atoms with Gasteiger partial charge in [-0.3, -0.25) is 4.79 Å². The van der Waals surface area contributed by atoms with Crippen molar-refractivity contribution in [3.8, 4) is 5.75 Å². The van der Waals surface area contributed by atoms with Crippen LogP contribution in [0.3, 0.4) is 0 Å². The number of ketones is 1. The van der Waals surface area contributed by atoms with E-state index in [1.807, 2.05) is 18.2 Å². The van der Waals surface area contributed by atoms with Gasteiger partial charge in [0.2, 0.25) is 0 Å². The second-order valence-corrected chi connectivity index (χ2v) is 5.25. The van der Waals surface area contributed by atoms with Crippen molar-refractivity contribution in [3.63, 3.8) is 0 Å². The van der Waals surface area contributed by atoms with Crippen molar-refractivity contribution in [2.75, 3.05) is 7.11 Å². The minimum atomic E-state index is 0.108. The van der Waals surface area contributed by atoms with Gasteiger partial charge in [0.15, 0.2) is 5.78 Å².